The molecule has 11 heteroatoms. The maximum atomic E-state index is 13.5. The first kappa shape index (κ1) is 28.5. The number of urea groups is 1. The third kappa shape index (κ3) is 6.39. The number of carboxylic acid groups (broad SMARTS) is 1. The van der Waals surface area contributed by atoms with Gasteiger partial charge in [0.1, 0.15) is 11.5 Å². The van der Waals surface area contributed by atoms with Crippen LogP contribution in [0.1, 0.15) is 77.7 Å². The van der Waals surface area contributed by atoms with Crippen molar-refractivity contribution in [3.63, 3.8) is 0 Å². The molecule has 3 amide bonds. The number of nitrogens with zero attached hydrogens (tertiary/aromatic N) is 5. The standard InChI is InChI=1S/C28H32ClN5O4S/c1-4-6-8-25-30-14-22(33(25)15-20-10-9-19(27(36)37)12-23(20)29)13-24-26(35)32(11-7-5-2)28(38)34(24)16-21-17-39-18(3)31-21/h9-10,12-14,17H,4-8,11,15-16H2,1-3H3,(H,36,37)/b24-13-. The van der Waals surface area contributed by atoms with Gasteiger partial charge < -0.3 is 9.67 Å². The first-order valence-corrected chi connectivity index (χ1v) is 14.3. The lowest BCUT2D eigenvalue weighted by atomic mass is 10.1. The summed E-state index contributed by atoms with van der Waals surface area (Å²) in [4.78, 5) is 50.2. The summed E-state index contributed by atoms with van der Waals surface area (Å²) in [5.41, 5.74) is 2.50. The average Bonchev–Trinajstić information content (AvgIpc) is 3.55. The first-order valence-electron chi connectivity index (χ1n) is 13.1. The smallest absolute Gasteiger partial charge is 0.335 e. The lowest BCUT2D eigenvalue weighted by Gasteiger charge is -2.16. The van der Waals surface area contributed by atoms with Gasteiger partial charge in [-0.3, -0.25) is 14.6 Å². The van der Waals surface area contributed by atoms with Gasteiger partial charge >= 0.3 is 12.0 Å². The highest BCUT2D eigenvalue weighted by atomic mass is 35.5. The molecule has 2 aromatic heterocycles. The fourth-order valence-electron chi connectivity index (χ4n) is 4.42. The van der Waals surface area contributed by atoms with Gasteiger partial charge in [0.25, 0.3) is 5.91 Å². The van der Waals surface area contributed by atoms with Gasteiger partial charge in [0.15, 0.2) is 0 Å². The topological polar surface area (TPSA) is 109 Å². The number of hydrogen-bond donors (Lipinski definition) is 1. The number of hydrogen-bond acceptors (Lipinski definition) is 6. The molecule has 0 aliphatic carbocycles. The summed E-state index contributed by atoms with van der Waals surface area (Å²) in [5.74, 6) is -0.567. The lowest BCUT2D eigenvalue weighted by Crippen LogP contribution is -2.33. The number of thiazole rings is 1. The zero-order chi connectivity index (χ0) is 28.1. The number of imidazole rings is 1. The molecule has 0 atom stereocenters. The summed E-state index contributed by atoms with van der Waals surface area (Å²) >= 11 is 7.96. The van der Waals surface area contributed by atoms with E-state index < -0.39 is 5.97 Å². The molecule has 0 radical (unpaired) electrons. The van der Waals surface area contributed by atoms with Crippen LogP contribution in [0.15, 0.2) is 35.5 Å². The van der Waals surface area contributed by atoms with Gasteiger partial charge in [0.05, 0.1) is 41.2 Å². The summed E-state index contributed by atoms with van der Waals surface area (Å²) in [6.07, 6.45) is 7.63. The summed E-state index contributed by atoms with van der Waals surface area (Å²) in [6, 6.07) is 4.30. The Bertz CT molecular complexity index is 1410. The molecule has 39 heavy (non-hydrogen) atoms. The van der Waals surface area contributed by atoms with Gasteiger partial charge in [-0.2, -0.15) is 0 Å². The number of aromatic carboxylic acids is 1. The average molecular weight is 570 g/mol. The Labute approximate surface area is 236 Å². The monoisotopic (exact) mass is 569 g/mol. The summed E-state index contributed by atoms with van der Waals surface area (Å²) < 4.78 is 1.97. The highest BCUT2D eigenvalue weighted by Crippen LogP contribution is 2.28. The Balaban J connectivity index is 1.75. The molecule has 3 aromatic rings. The molecule has 1 N–H and O–H groups in total. The SMILES string of the molecule is CCCCc1ncc(/C=C2/C(=O)N(CCCC)C(=O)N2Cc2csc(C)n2)n1Cc1ccc(C(=O)O)cc1Cl. The van der Waals surface area contributed by atoms with Crippen LogP contribution in [0.3, 0.4) is 0 Å². The fraction of sp³-hybridized carbons (Fsp3) is 0.393. The van der Waals surface area contributed by atoms with Crippen LogP contribution in [0.5, 0.6) is 0 Å². The van der Waals surface area contributed by atoms with Crippen LogP contribution in [-0.2, 0) is 24.3 Å². The Morgan fingerprint density at radius 1 is 1.13 bits per heavy atom. The van der Waals surface area contributed by atoms with Gasteiger partial charge in [-0.25, -0.2) is 19.6 Å². The maximum Gasteiger partial charge on any atom is 0.335 e. The molecule has 3 heterocycles. The summed E-state index contributed by atoms with van der Waals surface area (Å²) in [7, 11) is 0. The van der Waals surface area contributed by atoms with E-state index in [2.05, 4.69) is 16.9 Å². The van der Waals surface area contributed by atoms with Gasteiger partial charge in [0, 0.05) is 23.4 Å². The molecular weight excluding hydrogens is 538 g/mol. The number of aromatic nitrogens is 3. The second-order valence-electron chi connectivity index (χ2n) is 9.47. The van der Waals surface area contributed by atoms with E-state index in [0.717, 1.165) is 54.2 Å². The zero-order valence-electron chi connectivity index (χ0n) is 22.3. The number of benzene rings is 1. The third-order valence-electron chi connectivity index (χ3n) is 6.57. The van der Waals surface area contributed by atoms with E-state index in [1.807, 2.05) is 23.8 Å². The van der Waals surface area contributed by atoms with Crippen LogP contribution in [0.25, 0.3) is 6.08 Å². The molecule has 1 fully saturated rings. The molecule has 0 bridgehead atoms. The number of amides is 3. The van der Waals surface area contributed by atoms with Crippen LogP contribution in [0.2, 0.25) is 5.02 Å². The Morgan fingerprint density at radius 2 is 1.90 bits per heavy atom. The van der Waals surface area contributed by atoms with Crippen LogP contribution in [-0.4, -0.2) is 53.9 Å². The molecule has 206 valence electrons. The normalized spacial score (nSPS) is 14.7. The largest absolute Gasteiger partial charge is 0.478 e. The molecule has 4 rings (SSSR count). The van der Waals surface area contributed by atoms with Crippen LogP contribution in [0.4, 0.5) is 4.79 Å². The van der Waals surface area contributed by atoms with Crippen molar-refractivity contribution in [2.24, 2.45) is 0 Å². The van der Waals surface area contributed by atoms with Crippen molar-refractivity contribution in [1.29, 1.82) is 0 Å². The predicted molar refractivity (Wildman–Crippen MR) is 151 cm³/mol. The zero-order valence-corrected chi connectivity index (χ0v) is 23.9. The first-order chi connectivity index (χ1) is 18.7. The number of aryl methyl sites for hydroxylation is 2. The maximum absolute atomic E-state index is 13.5. The Hall–Kier alpha value is -3.50. The Kier molecular flexibility index (Phi) is 9.19. The highest BCUT2D eigenvalue weighted by molar-refractivity contribution is 7.09. The number of imide groups is 1. The van der Waals surface area contributed by atoms with E-state index in [-0.39, 0.29) is 29.7 Å². The van der Waals surface area contributed by atoms with E-state index >= 15 is 0 Å². The fourth-order valence-corrected chi connectivity index (χ4v) is 5.26. The number of carbonyl (C=O) groups is 3. The van der Waals surface area contributed by atoms with E-state index in [1.54, 1.807) is 18.3 Å². The van der Waals surface area contributed by atoms with Crippen molar-refractivity contribution in [2.75, 3.05) is 6.54 Å². The minimum atomic E-state index is -1.05. The van der Waals surface area contributed by atoms with Crippen LogP contribution >= 0.6 is 22.9 Å². The molecular formula is C28H32ClN5O4S. The van der Waals surface area contributed by atoms with Crippen LogP contribution in [0, 0.1) is 6.92 Å². The highest BCUT2D eigenvalue weighted by Gasteiger charge is 2.41. The van der Waals surface area contributed by atoms with Crippen molar-refractivity contribution in [1.82, 2.24) is 24.3 Å². The predicted octanol–water partition coefficient (Wildman–Crippen LogP) is 6.00. The van der Waals surface area contributed by atoms with E-state index in [0.29, 0.717) is 23.8 Å². The molecule has 1 aliphatic rings. The number of carboxylic acids is 1. The molecule has 0 unspecified atom stereocenters. The third-order valence-corrected chi connectivity index (χ3v) is 7.75. The van der Waals surface area contributed by atoms with Crippen molar-refractivity contribution in [3.8, 4) is 0 Å². The number of unbranched alkanes of at least 4 members (excludes halogenated alkanes) is 2. The van der Waals surface area contributed by atoms with Gasteiger partial charge in [-0.1, -0.05) is 44.4 Å². The number of halogens is 1. The molecule has 1 aliphatic heterocycles. The molecule has 0 spiro atoms. The van der Waals surface area contributed by atoms with E-state index in [1.165, 1.54) is 33.3 Å². The molecule has 1 aromatic carbocycles. The number of rotatable bonds is 12. The second kappa shape index (κ2) is 12.6. The van der Waals surface area contributed by atoms with Gasteiger partial charge in [0.2, 0.25) is 0 Å². The Morgan fingerprint density at radius 3 is 2.54 bits per heavy atom. The molecule has 0 saturated carbocycles. The van der Waals surface area contributed by atoms with Crippen LogP contribution < -0.4 is 0 Å². The minimum Gasteiger partial charge on any atom is -0.478 e. The molecule has 1 saturated heterocycles. The van der Waals surface area contributed by atoms with Gasteiger partial charge in [-0.05, 0) is 43.5 Å². The lowest BCUT2D eigenvalue weighted by molar-refractivity contribution is -0.123. The van der Waals surface area contributed by atoms with Gasteiger partial charge in [-0.15, -0.1) is 11.3 Å². The quantitative estimate of drug-likeness (QED) is 0.212. The molecule has 9 nitrogen and oxygen atoms in total. The van der Waals surface area contributed by atoms with E-state index in [4.69, 9.17) is 11.6 Å². The minimum absolute atomic E-state index is 0.109. The van der Waals surface area contributed by atoms with E-state index in [9.17, 15) is 19.5 Å². The van der Waals surface area contributed by atoms with Crippen molar-refractivity contribution < 1.29 is 19.5 Å². The van der Waals surface area contributed by atoms with Crippen molar-refractivity contribution >= 4 is 46.9 Å². The summed E-state index contributed by atoms with van der Waals surface area (Å²) in [5, 5.41) is 12.4. The summed E-state index contributed by atoms with van der Waals surface area (Å²) in [6.45, 7) is 6.91. The second-order valence-corrected chi connectivity index (χ2v) is 10.9. The van der Waals surface area contributed by atoms with Crippen molar-refractivity contribution in [2.45, 2.75) is 66.0 Å². The van der Waals surface area contributed by atoms with Crippen molar-refractivity contribution in [3.05, 3.63) is 73.8 Å². The number of carbonyl (C=O) groups excluding carboxylic acids is 2.